The number of ether oxygens (including phenoxy) is 2. The van der Waals surface area contributed by atoms with Crippen LogP contribution in [0.3, 0.4) is 0 Å². The maximum atomic E-state index is 12.4. The van der Waals surface area contributed by atoms with E-state index in [1.807, 2.05) is 68.4 Å². The van der Waals surface area contributed by atoms with Crippen molar-refractivity contribution in [1.29, 1.82) is 0 Å². The predicted octanol–water partition coefficient (Wildman–Crippen LogP) is 4.99. The third-order valence-corrected chi connectivity index (χ3v) is 10.5. The van der Waals surface area contributed by atoms with Gasteiger partial charge in [-0.2, -0.15) is 0 Å². The number of nitrogens with zero attached hydrogens (tertiary/aromatic N) is 5. The maximum Gasteiger partial charge on any atom is 0.410 e. The molecule has 4 aliphatic rings. The van der Waals surface area contributed by atoms with Crippen LogP contribution < -0.4 is 21.1 Å². The third kappa shape index (κ3) is 6.25. The van der Waals surface area contributed by atoms with Crippen molar-refractivity contribution in [3.8, 4) is 5.75 Å². The second-order valence-electron chi connectivity index (χ2n) is 14.9. The molecular weight excluding hydrogens is 592 g/mol. The Balaban J connectivity index is 0.926. The molecular formula is C36H48N8O3. The van der Waals surface area contributed by atoms with E-state index in [0.29, 0.717) is 35.4 Å². The van der Waals surface area contributed by atoms with E-state index < -0.39 is 5.60 Å². The second kappa shape index (κ2) is 12.1. The molecule has 0 atom stereocenters. The fourth-order valence-corrected chi connectivity index (χ4v) is 7.97. The first-order valence-corrected chi connectivity index (χ1v) is 16.9. The number of piperidine rings is 1. The highest BCUT2D eigenvalue weighted by Crippen LogP contribution is 2.51. The highest BCUT2D eigenvalue weighted by molar-refractivity contribution is 5.86. The quantitative estimate of drug-likeness (QED) is 0.340. The Hall–Kier alpha value is -4.25. The van der Waals surface area contributed by atoms with Crippen LogP contribution in [0, 0.1) is 5.41 Å². The maximum absolute atomic E-state index is 12.4. The van der Waals surface area contributed by atoms with Gasteiger partial charge < -0.3 is 40.6 Å². The molecule has 0 unspecified atom stereocenters. The Labute approximate surface area is 277 Å². The van der Waals surface area contributed by atoms with Gasteiger partial charge in [-0.05, 0) is 89.2 Å². The summed E-state index contributed by atoms with van der Waals surface area (Å²) in [4.78, 5) is 32.2. The van der Waals surface area contributed by atoms with Crippen molar-refractivity contribution < 1.29 is 14.3 Å². The zero-order valence-corrected chi connectivity index (χ0v) is 28.1. The van der Waals surface area contributed by atoms with E-state index in [4.69, 9.17) is 30.9 Å². The van der Waals surface area contributed by atoms with Gasteiger partial charge in [0.15, 0.2) is 0 Å². The van der Waals surface area contributed by atoms with E-state index in [1.165, 1.54) is 18.4 Å². The molecule has 1 spiro atoms. The van der Waals surface area contributed by atoms with Crippen LogP contribution in [-0.2, 0) is 17.7 Å². The smallest absolute Gasteiger partial charge is 0.410 e. The lowest BCUT2D eigenvalue weighted by molar-refractivity contribution is -0.110. The van der Waals surface area contributed by atoms with E-state index >= 15 is 0 Å². The van der Waals surface area contributed by atoms with Crippen LogP contribution in [0.4, 0.5) is 16.6 Å². The first kappa shape index (κ1) is 31.4. The number of nitrogen functional groups attached to an aromatic ring is 1. The number of carbonyl (C=O) groups is 1. The summed E-state index contributed by atoms with van der Waals surface area (Å²) in [6, 6.07) is 8.36. The molecule has 1 aliphatic carbocycles. The SMILES string of the molecule is COc1ccccc1/C(N)=C/c1c(N)[nH]c2c1CN(c1ncc(C3CCN(C4CC5(C4)CN(C(=O)OC(C)(C)C)C5)CC3)cn1)CC2. The van der Waals surface area contributed by atoms with Crippen molar-refractivity contribution in [2.75, 3.05) is 50.5 Å². The fourth-order valence-electron chi connectivity index (χ4n) is 7.97. The second-order valence-corrected chi connectivity index (χ2v) is 14.9. The van der Waals surface area contributed by atoms with Crippen molar-refractivity contribution in [2.24, 2.45) is 11.1 Å². The number of aromatic amines is 1. The zero-order chi connectivity index (χ0) is 32.9. The molecule has 47 heavy (non-hydrogen) atoms. The first-order chi connectivity index (χ1) is 22.5. The number of fused-ring (bicyclic) bond motifs is 1. The number of para-hydroxylation sites is 1. The van der Waals surface area contributed by atoms with E-state index in [2.05, 4.69) is 14.8 Å². The number of hydrogen-bond donors (Lipinski definition) is 3. The van der Waals surface area contributed by atoms with E-state index in [-0.39, 0.29) is 6.09 Å². The number of likely N-dealkylation sites (tertiary alicyclic amines) is 2. The van der Waals surface area contributed by atoms with Crippen molar-refractivity contribution in [3.63, 3.8) is 0 Å². The number of carbonyl (C=O) groups excluding carboxylic acids is 1. The minimum Gasteiger partial charge on any atom is -0.496 e. The molecule has 2 saturated heterocycles. The van der Waals surface area contributed by atoms with Crippen molar-refractivity contribution >= 4 is 29.6 Å². The minimum absolute atomic E-state index is 0.174. The summed E-state index contributed by atoms with van der Waals surface area (Å²) in [5.74, 6) is 2.56. The van der Waals surface area contributed by atoms with Gasteiger partial charge in [0.05, 0.1) is 7.11 Å². The molecule has 3 aromatic rings. The topological polar surface area (TPSA) is 139 Å². The summed E-state index contributed by atoms with van der Waals surface area (Å²) in [6.45, 7) is 11.1. The normalized spacial score (nSPS) is 20.5. The number of anilines is 2. The molecule has 5 N–H and O–H groups in total. The van der Waals surface area contributed by atoms with E-state index in [9.17, 15) is 4.79 Å². The average molecular weight is 641 g/mol. The Morgan fingerprint density at radius 2 is 1.79 bits per heavy atom. The van der Waals surface area contributed by atoms with Crippen LogP contribution in [0.25, 0.3) is 11.8 Å². The van der Waals surface area contributed by atoms with Gasteiger partial charge in [-0.25, -0.2) is 14.8 Å². The van der Waals surface area contributed by atoms with E-state index in [1.54, 1.807) is 7.11 Å². The summed E-state index contributed by atoms with van der Waals surface area (Å²) < 4.78 is 11.1. The lowest BCUT2D eigenvalue weighted by Gasteiger charge is -2.61. The largest absolute Gasteiger partial charge is 0.496 e. The van der Waals surface area contributed by atoms with Crippen LogP contribution in [0.5, 0.6) is 5.75 Å². The Bertz CT molecular complexity index is 1640. The van der Waals surface area contributed by atoms with Gasteiger partial charge in [-0.15, -0.1) is 0 Å². The molecule has 250 valence electrons. The first-order valence-electron chi connectivity index (χ1n) is 16.9. The van der Waals surface area contributed by atoms with Crippen molar-refractivity contribution in [2.45, 2.75) is 77.0 Å². The Morgan fingerprint density at radius 1 is 1.09 bits per heavy atom. The van der Waals surface area contributed by atoms with Crippen LogP contribution in [-0.4, -0.2) is 82.3 Å². The number of methoxy groups -OCH3 is 1. The van der Waals surface area contributed by atoms with Gasteiger partial charge in [0.1, 0.15) is 17.2 Å². The van der Waals surface area contributed by atoms with Gasteiger partial charge in [0.25, 0.3) is 0 Å². The summed E-state index contributed by atoms with van der Waals surface area (Å²) >= 11 is 0. The van der Waals surface area contributed by atoms with E-state index in [0.717, 1.165) is 86.1 Å². The number of rotatable bonds is 6. The number of benzene rings is 1. The highest BCUT2D eigenvalue weighted by Gasteiger charge is 2.55. The molecule has 1 saturated carbocycles. The number of nitrogens with one attached hydrogen (secondary N) is 1. The summed E-state index contributed by atoms with van der Waals surface area (Å²) in [6.07, 6.45) is 11.3. The number of hydrogen-bond acceptors (Lipinski definition) is 9. The molecule has 3 fully saturated rings. The Morgan fingerprint density at radius 3 is 2.47 bits per heavy atom. The average Bonchev–Trinajstić information content (AvgIpc) is 3.32. The fraction of sp³-hybridized carbons (Fsp3) is 0.528. The van der Waals surface area contributed by atoms with Crippen molar-refractivity contribution in [3.05, 3.63) is 64.6 Å². The van der Waals surface area contributed by atoms with Gasteiger partial charge in [-0.3, -0.25) is 0 Å². The van der Waals surface area contributed by atoms with Gasteiger partial charge in [0, 0.05) is 84.5 Å². The summed E-state index contributed by atoms with van der Waals surface area (Å²) in [7, 11) is 1.65. The van der Waals surface area contributed by atoms with Crippen molar-refractivity contribution in [1.82, 2.24) is 24.8 Å². The monoisotopic (exact) mass is 640 g/mol. The molecule has 3 aliphatic heterocycles. The van der Waals surface area contributed by atoms with Gasteiger partial charge in [-0.1, -0.05) is 12.1 Å². The summed E-state index contributed by atoms with van der Waals surface area (Å²) in [5.41, 5.74) is 18.7. The van der Waals surface area contributed by atoms with Crippen LogP contribution in [0.1, 0.15) is 80.3 Å². The molecule has 0 bridgehead atoms. The van der Waals surface area contributed by atoms with Gasteiger partial charge >= 0.3 is 6.09 Å². The van der Waals surface area contributed by atoms with Crippen LogP contribution >= 0.6 is 0 Å². The number of amides is 1. The molecule has 0 radical (unpaired) electrons. The lowest BCUT2D eigenvalue weighted by atomic mass is 9.60. The third-order valence-electron chi connectivity index (χ3n) is 10.5. The number of H-pyrrole nitrogens is 1. The van der Waals surface area contributed by atoms with Crippen LogP contribution in [0.2, 0.25) is 0 Å². The molecule has 7 rings (SSSR count). The number of nitrogens with two attached hydrogens (primary N) is 2. The molecule has 2 aromatic heterocycles. The highest BCUT2D eigenvalue weighted by atomic mass is 16.6. The molecule has 11 heteroatoms. The zero-order valence-electron chi connectivity index (χ0n) is 28.1. The minimum atomic E-state index is -0.442. The summed E-state index contributed by atoms with van der Waals surface area (Å²) in [5, 5.41) is 0. The molecule has 1 aromatic carbocycles. The number of aromatic nitrogens is 3. The van der Waals surface area contributed by atoms with Gasteiger partial charge in [0.2, 0.25) is 5.95 Å². The molecule has 11 nitrogen and oxygen atoms in total. The molecule has 5 heterocycles. The predicted molar refractivity (Wildman–Crippen MR) is 184 cm³/mol. The molecule has 1 amide bonds. The Kier molecular flexibility index (Phi) is 8.06. The standard InChI is InChI=1S/C36H48N8O3/c1-35(2,3)47-34(45)44-21-36(22-44)16-25(17-36)42-12-9-23(10-13-42)24-18-39-33(40-19-24)43-14-11-30-28(20-43)27(32(38)41-30)15-29(37)26-7-5-6-8-31(26)46-4/h5-8,15,18-19,23,25,41H,9-14,16-17,20-22,37-38H2,1-4H3/b29-15-. The van der Waals surface area contributed by atoms with Crippen LogP contribution in [0.15, 0.2) is 36.7 Å². The lowest BCUT2D eigenvalue weighted by Crippen LogP contribution is -2.68.